The van der Waals surface area contributed by atoms with Crippen LogP contribution in [-0.2, 0) is 16.6 Å². The molecule has 3 aromatic carbocycles. The Morgan fingerprint density at radius 3 is 2.41 bits per heavy atom. The van der Waals surface area contributed by atoms with Crippen molar-refractivity contribution in [2.24, 2.45) is 0 Å². The molecule has 0 bridgehead atoms. The van der Waals surface area contributed by atoms with Gasteiger partial charge in [-0.1, -0.05) is 54.5 Å². The van der Waals surface area contributed by atoms with Crippen LogP contribution in [0.5, 0.6) is 0 Å². The summed E-state index contributed by atoms with van der Waals surface area (Å²) in [5, 5.41) is 2.80. The predicted molar refractivity (Wildman–Crippen MR) is 132 cm³/mol. The zero-order chi connectivity index (χ0) is 23.8. The number of hydrogen-bond acceptors (Lipinski definition) is 4. The van der Waals surface area contributed by atoms with E-state index in [-0.39, 0.29) is 17.0 Å². The Bertz CT molecular complexity index is 1460. The largest absolute Gasteiger partial charge is 0.322 e. The Balaban J connectivity index is 1.46. The zero-order valence-corrected chi connectivity index (χ0v) is 18.9. The van der Waals surface area contributed by atoms with Gasteiger partial charge in [-0.05, 0) is 60.0 Å². The van der Waals surface area contributed by atoms with Crippen LogP contribution >= 0.6 is 0 Å². The number of nitrogens with one attached hydrogen (secondary N) is 2. The van der Waals surface area contributed by atoms with Gasteiger partial charge in [-0.3, -0.25) is 4.79 Å². The molecule has 0 unspecified atom stereocenters. The number of carbonyl (C=O) groups is 1. The van der Waals surface area contributed by atoms with E-state index in [0.29, 0.717) is 16.9 Å². The maximum atomic E-state index is 12.8. The van der Waals surface area contributed by atoms with Crippen LogP contribution in [0.15, 0.2) is 108 Å². The van der Waals surface area contributed by atoms with E-state index in [9.17, 15) is 13.2 Å². The standard InChI is InChI=1S/C27H21N3O3S/c31-27(30-25-13-6-10-21(18-25)15-16-24-12-4-5-17-28-24)23-11-7-14-26(19-23)34(32,33)29-20-22-8-2-1-3-9-22/h1-14,17-19,29H,20H2,(H,30,31). The molecule has 168 valence electrons. The molecule has 34 heavy (non-hydrogen) atoms. The average Bonchev–Trinajstić information content (AvgIpc) is 2.88. The van der Waals surface area contributed by atoms with Crippen molar-refractivity contribution in [3.05, 3.63) is 126 Å². The van der Waals surface area contributed by atoms with E-state index >= 15 is 0 Å². The summed E-state index contributed by atoms with van der Waals surface area (Å²) in [5.74, 6) is 5.57. The molecule has 0 atom stereocenters. The van der Waals surface area contributed by atoms with Crippen LogP contribution in [0.3, 0.4) is 0 Å². The van der Waals surface area contributed by atoms with Gasteiger partial charge in [0.1, 0.15) is 5.69 Å². The van der Waals surface area contributed by atoms with E-state index in [1.807, 2.05) is 54.6 Å². The fourth-order valence-electron chi connectivity index (χ4n) is 3.11. The van der Waals surface area contributed by atoms with Crippen molar-refractivity contribution in [2.45, 2.75) is 11.4 Å². The van der Waals surface area contributed by atoms with Crippen LogP contribution in [0.4, 0.5) is 5.69 Å². The molecule has 0 spiro atoms. The summed E-state index contributed by atoms with van der Waals surface area (Å²) < 4.78 is 28.0. The highest BCUT2D eigenvalue weighted by Gasteiger charge is 2.16. The minimum Gasteiger partial charge on any atom is -0.322 e. The normalized spacial score (nSPS) is 10.7. The molecule has 0 radical (unpaired) electrons. The SMILES string of the molecule is O=C(Nc1cccc(C#Cc2ccccn2)c1)c1cccc(S(=O)(=O)NCc2ccccc2)c1. The van der Waals surface area contributed by atoms with Crippen molar-refractivity contribution >= 4 is 21.6 Å². The van der Waals surface area contributed by atoms with Gasteiger partial charge in [0.15, 0.2) is 0 Å². The highest BCUT2D eigenvalue weighted by Crippen LogP contribution is 2.16. The third kappa shape index (κ3) is 6.17. The van der Waals surface area contributed by atoms with Gasteiger partial charge in [0.2, 0.25) is 10.0 Å². The minimum atomic E-state index is -3.78. The smallest absolute Gasteiger partial charge is 0.255 e. The fraction of sp³-hybridized carbons (Fsp3) is 0.0370. The first kappa shape index (κ1) is 22.9. The number of pyridine rings is 1. The molecule has 0 aliphatic carbocycles. The topological polar surface area (TPSA) is 88.2 Å². The first-order chi connectivity index (χ1) is 16.5. The Labute approximate surface area is 198 Å². The van der Waals surface area contributed by atoms with Crippen LogP contribution in [-0.4, -0.2) is 19.3 Å². The Morgan fingerprint density at radius 2 is 1.62 bits per heavy atom. The average molecular weight is 468 g/mol. The Morgan fingerprint density at radius 1 is 0.824 bits per heavy atom. The molecule has 2 N–H and O–H groups in total. The monoisotopic (exact) mass is 467 g/mol. The molecule has 0 aliphatic rings. The maximum Gasteiger partial charge on any atom is 0.255 e. The highest BCUT2D eigenvalue weighted by atomic mass is 32.2. The second-order valence-corrected chi connectivity index (χ2v) is 9.10. The van der Waals surface area contributed by atoms with E-state index in [2.05, 4.69) is 26.9 Å². The number of benzene rings is 3. The summed E-state index contributed by atoms with van der Waals surface area (Å²) in [6, 6.07) is 27.7. The van der Waals surface area contributed by atoms with E-state index in [1.54, 1.807) is 36.5 Å². The van der Waals surface area contributed by atoms with Gasteiger partial charge in [0.25, 0.3) is 5.91 Å². The lowest BCUT2D eigenvalue weighted by Crippen LogP contribution is -2.23. The predicted octanol–water partition coefficient (Wildman–Crippen LogP) is 4.21. The van der Waals surface area contributed by atoms with Crippen molar-refractivity contribution in [3.8, 4) is 11.8 Å². The summed E-state index contributed by atoms with van der Waals surface area (Å²) in [6.07, 6.45) is 1.67. The lowest BCUT2D eigenvalue weighted by Gasteiger charge is -2.09. The molecule has 0 aliphatic heterocycles. The molecule has 1 amide bonds. The summed E-state index contributed by atoms with van der Waals surface area (Å²) in [5.41, 5.74) is 2.98. The minimum absolute atomic E-state index is 0.0195. The lowest BCUT2D eigenvalue weighted by molar-refractivity contribution is 0.102. The molecule has 1 aromatic heterocycles. The Kier molecular flexibility index (Phi) is 7.13. The molecule has 7 heteroatoms. The molecular weight excluding hydrogens is 446 g/mol. The molecule has 0 saturated carbocycles. The number of rotatable bonds is 6. The quantitative estimate of drug-likeness (QED) is 0.416. The van der Waals surface area contributed by atoms with Crippen LogP contribution < -0.4 is 10.0 Å². The van der Waals surface area contributed by atoms with Gasteiger partial charge < -0.3 is 5.32 Å². The summed E-state index contributed by atoms with van der Waals surface area (Å²) in [4.78, 5) is 17.0. The van der Waals surface area contributed by atoms with Crippen LogP contribution in [0.25, 0.3) is 0 Å². The van der Waals surface area contributed by atoms with E-state index in [1.165, 1.54) is 12.1 Å². The number of hydrogen-bond donors (Lipinski definition) is 2. The molecule has 1 heterocycles. The number of sulfonamides is 1. The number of anilines is 1. The van der Waals surface area contributed by atoms with Gasteiger partial charge in [0, 0.05) is 29.6 Å². The third-order valence-corrected chi connectivity index (χ3v) is 6.23. The molecule has 4 aromatic rings. The summed E-state index contributed by atoms with van der Waals surface area (Å²) in [7, 11) is -3.78. The van der Waals surface area contributed by atoms with Crippen LogP contribution in [0, 0.1) is 11.8 Å². The molecule has 6 nitrogen and oxygen atoms in total. The second-order valence-electron chi connectivity index (χ2n) is 7.34. The van der Waals surface area contributed by atoms with Gasteiger partial charge in [-0.2, -0.15) is 0 Å². The van der Waals surface area contributed by atoms with Crippen molar-refractivity contribution in [1.82, 2.24) is 9.71 Å². The van der Waals surface area contributed by atoms with Gasteiger partial charge in [-0.25, -0.2) is 18.1 Å². The summed E-state index contributed by atoms with van der Waals surface area (Å²) >= 11 is 0. The number of nitrogens with zero attached hydrogens (tertiary/aromatic N) is 1. The van der Waals surface area contributed by atoms with Crippen LogP contribution in [0.1, 0.15) is 27.2 Å². The van der Waals surface area contributed by atoms with Gasteiger partial charge in [0.05, 0.1) is 4.90 Å². The lowest BCUT2D eigenvalue weighted by atomic mass is 10.1. The summed E-state index contributed by atoms with van der Waals surface area (Å²) in [6.45, 7) is 0.159. The maximum absolute atomic E-state index is 12.8. The first-order valence-corrected chi connectivity index (χ1v) is 12.0. The van der Waals surface area contributed by atoms with Crippen molar-refractivity contribution in [3.63, 3.8) is 0 Å². The first-order valence-electron chi connectivity index (χ1n) is 10.5. The Hall–Kier alpha value is -4.25. The second kappa shape index (κ2) is 10.6. The number of carbonyl (C=O) groups excluding carboxylic acids is 1. The zero-order valence-electron chi connectivity index (χ0n) is 18.1. The molecule has 0 fully saturated rings. The highest BCUT2D eigenvalue weighted by molar-refractivity contribution is 7.89. The van der Waals surface area contributed by atoms with Gasteiger partial charge >= 0.3 is 0 Å². The van der Waals surface area contributed by atoms with Crippen molar-refractivity contribution in [2.75, 3.05) is 5.32 Å². The molecule has 4 rings (SSSR count). The fourth-order valence-corrected chi connectivity index (χ4v) is 4.18. The van der Waals surface area contributed by atoms with Crippen LogP contribution in [0.2, 0.25) is 0 Å². The van der Waals surface area contributed by atoms with Crippen molar-refractivity contribution in [1.29, 1.82) is 0 Å². The van der Waals surface area contributed by atoms with E-state index in [0.717, 1.165) is 5.56 Å². The van der Waals surface area contributed by atoms with E-state index < -0.39 is 15.9 Å². The number of amides is 1. The van der Waals surface area contributed by atoms with E-state index in [4.69, 9.17) is 0 Å². The molecular formula is C27H21N3O3S. The number of aromatic nitrogens is 1. The molecule has 0 saturated heterocycles. The third-order valence-electron chi connectivity index (χ3n) is 4.84. The van der Waals surface area contributed by atoms with Gasteiger partial charge in [-0.15, -0.1) is 0 Å². The van der Waals surface area contributed by atoms with Crippen molar-refractivity contribution < 1.29 is 13.2 Å².